The van der Waals surface area contributed by atoms with Crippen molar-refractivity contribution in [1.29, 1.82) is 0 Å². The van der Waals surface area contributed by atoms with Gasteiger partial charge in [-0.25, -0.2) is 14.5 Å². The quantitative estimate of drug-likeness (QED) is 0.797. The third-order valence-corrected chi connectivity index (χ3v) is 3.76. The molecule has 0 fully saturated rings. The minimum atomic E-state index is -0.133. The predicted molar refractivity (Wildman–Crippen MR) is 76.9 cm³/mol. The molecule has 1 aromatic rings. The number of nitrogens with zero attached hydrogens (tertiary/aromatic N) is 3. The molecule has 2 aliphatic heterocycles. The van der Waals surface area contributed by atoms with Crippen molar-refractivity contribution in [3.05, 3.63) is 23.3 Å². The molecule has 114 valence electrons. The van der Waals surface area contributed by atoms with Crippen LogP contribution in [0.15, 0.2) is 11.6 Å². The molecule has 0 saturated carbocycles. The molecule has 3 rings (SSSR count). The van der Waals surface area contributed by atoms with Crippen LogP contribution in [-0.2, 0) is 17.7 Å². The average molecular weight is 291 g/mol. The Morgan fingerprint density at radius 2 is 2.48 bits per heavy atom. The summed E-state index contributed by atoms with van der Waals surface area (Å²) < 4.78 is 7.24. The second-order valence-electron chi connectivity index (χ2n) is 5.52. The minimum Gasteiger partial charge on any atom is -0.377 e. The normalized spacial score (nSPS) is 21.4. The van der Waals surface area contributed by atoms with Gasteiger partial charge >= 0.3 is 6.03 Å². The van der Waals surface area contributed by atoms with E-state index in [1.807, 2.05) is 11.6 Å². The summed E-state index contributed by atoms with van der Waals surface area (Å²) in [6.45, 7) is 4.52. The third-order valence-electron chi connectivity index (χ3n) is 3.76. The van der Waals surface area contributed by atoms with E-state index < -0.39 is 0 Å². The number of nitrogens with one attached hydrogen (secondary N) is 2. The number of amides is 2. The van der Waals surface area contributed by atoms with Gasteiger partial charge in [0, 0.05) is 13.0 Å². The van der Waals surface area contributed by atoms with Crippen LogP contribution in [0.1, 0.15) is 24.5 Å². The molecule has 7 nitrogen and oxygen atoms in total. The van der Waals surface area contributed by atoms with E-state index in [4.69, 9.17) is 4.74 Å². The maximum absolute atomic E-state index is 11.9. The van der Waals surface area contributed by atoms with Gasteiger partial charge in [-0.05, 0) is 25.3 Å². The first-order valence-electron chi connectivity index (χ1n) is 7.41. The van der Waals surface area contributed by atoms with Gasteiger partial charge in [-0.1, -0.05) is 6.08 Å². The van der Waals surface area contributed by atoms with E-state index >= 15 is 0 Å². The highest BCUT2D eigenvalue weighted by atomic mass is 16.5. The lowest BCUT2D eigenvalue weighted by Crippen LogP contribution is -2.46. The van der Waals surface area contributed by atoms with Crippen LogP contribution in [0.4, 0.5) is 4.79 Å². The lowest BCUT2D eigenvalue weighted by molar-refractivity contribution is 0.149. The predicted octanol–water partition coefficient (Wildman–Crippen LogP) is 0.547. The van der Waals surface area contributed by atoms with Crippen LogP contribution >= 0.6 is 0 Å². The van der Waals surface area contributed by atoms with Crippen LogP contribution in [0.5, 0.6) is 0 Å². The van der Waals surface area contributed by atoms with Crippen molar-refractivity contribution in [1.82, 2.24) is 25.4 Å². The number of carbonyl (C=O) groups is 1. The largest absolute Gasteiger partial charge is 0.377 e. The monoisotopic (exact) mass is 291 g/mol. The Morgan fingerprint density at radius 1 is 1.57 bits per heavy atom. The summed E-state index contributed by atoms with van der Waals surface area (Å²) in [6, 6.07) is -0.0260. The lowest BCUT2D eigenvalue weighted by Gasteiger charge is -2.24. The van der Waals surface area contributed by atoms with Gasteiger partial charge in [0.15, 0.2) is 0 Å². The number of carbonyl (C=O) groups excluding carboxylic acids is 1. The van der Waals surface area contributed by atoms with E-state index in [9.17, 15) is 4.79 Å². The Balaban J connectivity index is 1.46. The summed E-state index contributed by atoms with van der Waals surface area (Å²) in [5, 5.41) is 10.2. The number of hydrogen-bond donors (Lipinski definition) is 2. The van der Waals surface area contributed by atoms with E-state index in [0.717, 1.165) is 43.1 Å². The molecule has 3 heterocycles. The topological polar surface area (TPSA) is 81.1 Å². The van der Waals surface area contributed by atoms with E-state index in [2.05, 4.69) is 26.8 Å². The minimum absolute atomic E-state index is 0.107. The van der Waals surface area contributed by atoms with E-state index in [0.29, 0.717) is 19.7 Å². The van der Waals surface area contributed by atoms with Crippen molar-refractivity contribution in [3.63, 3.8) is 0 Å². The zero-order valence-electron chi connectivity index (χ0n) is 12.3. The van der Waals surface area contributed by atoms with Crippen molar-refractivity contribution in [3.8, 4) is 0 Å². The molecule has 7 heteroatoms. The summed E-state index contributed by atoms with van der Waals surface area (Å²) in [7, 11) is 0. The Labute approximate surface area is 123 Å². The van der Waals surface area contributed by atoms with Gasteiger partial charge in [0.05, 0.1) is 25.8 Å². The number of hydrogen-bond acceptors (Lipinski definition) is 4. The van der Waals surface area contributed by atoms with E-state index in [-0.39, 0.29) is 12.1 Å². The molecule has 0 saturated heterocycles. The smallest absolute Gasteiger partial charge is 0.315 e. The first-order valence-corrected chi connectivity index (χ1v) is 7.41. The average Bonchev–Trinajstić information content (AvgIpc) is 2.85. The number of ether oxygens (including phenoxy) is 1. The Kier molecular flexibility index (Phi) is 4.19. The molecule has 0 aromatic carbocycles. The van der Waals surface area contributed by atoms with Crippen LogP contribution < -0.4 is 10.6 Å². The summed E-state index contributed by atoms with van der Waals surface area (Å²) in [4.78, 5) is 16.3. The van der Waals surface area contributed by atoms with Gasteiger partial charge in [0.25, 0.3) is 0 Å². The Hall–Kier alpha value is -1.89. The Bertz CT molecular complexity index is 552. The fourth-order valence-electron chi connectivity index (χ4n) is 2.71. The molecule has 0 bridgehead atoms. The van der Waals surface area contributed by atoms with Crippen molar-refractivity contribution >= 4 is 6.03 Å². The van der Waals surface area contributed by atoms with Crippen LogP contribution in [0.25, 0.3) is 0 Å². The molecule has 0 radical (unpaired) electrons. The highest BCUT2D eigenvalue weighted by Gasteiger charge is 2.22. The van der Waals surface area contributed by atoms with E-state index in [1.165, 1.54) is 0 Å². The highest BCUT2D eigenvalue weighted by molar-refractivity contribution is 5.74. The molecule has 2 aliphatic rings. The summed E-state index contributed by atoms with van der Waals surface area (Å²) in [5.41, 5.74) is 1.13. The molecule has 1 atom stereocenters. The number of urea groups is 1. The van der Waals surface area contributed by atoms with Gasteiger partial charge in [-0.3, -0.25) is 0 Å². The third kappa shape index (κ3) is 3.60. The van der Waals surface area contributed by atoms with Gasteiger partial charge in [0.2, 0.25) is 0 Å². The highest BCUT2D eigenvalue weighted by Crippen LogP contribution is 2.12. The Morgan fingerprint density at radius 3 is 3.29 bits per heavy atom. The van der Waals surface area contributed by atoms with Gasteiger partial charge in [-0.15, -0.1) is 0 Å². The second-order valence-corrected chi connectivity index (χ2v) is 5.52. The van der Waals surface area contributed by atoms with Crippen LogP contribution in [0.3, 0.4) is 0 Å². The lowest BCUT2D eigenvalue weighted by atomic mass is 10.1. The van der Waals surface area contributed by atoms with Crippen molar-refractivity contribution < 1.29 is 9.53 Å². The van der Waals surface area contributed by atoms with Gasteiger partial charge in [0.1, 0.15) is 11.6 Å². The number of aromatic nitrogens is 3. The molecular weight excluding hydrogens is 270 g/mol. The maximum atomic E-state index is 11.9. The second kappa shape index (κ2) is 6.26. The molecule has 0 spiro atoms. The first-order chi connectivity index (χ1) is 10.2. The summed E-state index contributed by atoms with van der Waals surface area (Å²) >= 11 is 0. The SMILES string of the molecule is Cc1nc2n(n1)CC(NC(=O)NCC1=CCCOC1)CC2. The zero-order valence-corrected chi connectivity index (χ0v) is 12.3. The van der Waals surface area contributed by atoms with E-state index in [1.54, 1.807) is 0 Å². The summed E-state index contributed by atoms with van der Waals surface area (Å²) in [6.07, 6.45) is 4.81. The molecule has 2 amide bonds. The molecule has 1 unspecified atom stereocenters. The van der Waals surface area contributed by atoms with Crippen molar-refractivity contribution in [2.75, 3.05) is 19.8 Å². The first kappa shape index (κ1) is 14.1. The number of aryl methyl sites for hydroxylation is 2. The fourth-order valence-corrected chi connectivity index (χ4v) is 2.71. The van der Waals surface area contributed by atoms with Crippen LogP contribution in [0.2, 0.25) is 0 Å². The fraction of sp³-hybridized carbons (Fsp3) is 0.643. The van der Waals surface area contributed by atoms with Crippen molar-refractivity contribution in [2.45, 2.75) is 38.8 Å². The van der Waals surface area contributed by atoms with Crippen LogP contribution in [0, 0.1) is 6.92 Å². The number of rotatable bonds is 3. The molecule has 1 aromatic heterocycles. The summed E-state index contributed by atoms with van der Waals surface area (Å²) in [5.74, 6) is 1.80. The standard InChI is InChI=1S/C14H21N5O2/c1-10-16-13-5-4-12(8-19(13)18-10)17-14(20)15-7-11-3-2-6-21-9-11/h3,12H,2,4-9H2,1H3,(H2,15,17,20). The molecule has 2 N–H and O–H groups in total. The van der Waals surface area contributed by atoms with Gasteiger partial charge < -0.3 is 15.4 Å². The zero-order chi connectivity index (χ0) is 14.7. The number of fused-ring (bicyclic) bond motifs is 1. The molecule has 21 heavy (non-hydrogen) atoms. The molecule has 0 aliphatic carbocycles. The van der Waals surface area contributed by atoms with Crippen LogP contribution in [-0.4, -0.2) is 46.6 Å². The molecular formula is C14H21N5O2. The maximum Gasteiger partial charge on any atom is 0.315 e. The van der Waals surface area contributed by atoms with Gasteiger partial charge in [-0.2, -0.15) is 5.10 Å². The van der Waals surface area contributed by atoms with Crippen molar-refractivity contribution in [2.24, 2.45) is 0 Å².